The maximum Gasteiger partial charge on any atom is 0.171 e. The summed E-state index contributed by atoms with van der Waals surface area (Å²) in [6.45, 7) is 0. The molecule has 0 atom stereocenters. The first-order valence-corrected chi connectivity index (χ1v) is 7.60. The summed E-state index contributed by atoms with van der Waals surface area (Å²) in [4.78, 5) is 4.53. The minimum Gasteiger partial charge on any atom is -0.232 e. The van der Waals surface area contributed by atoms with Gasteiger partial charge in [0.05, 0.1) is 26.4 Å². The molecule has 3 rings (SSSR count). The van der Waals surface area contributed by atoms with Gasteiger partial charge in [0.1, 0.15) is 5.15 Å². The first-order chi connectivity index (χ1) is 9.56. The molecule has 2 aromatic heterocycles. The molecule has 0 fully saturated rings. The number of fused-ring (bicyclic) bond motifs is 1. The lowest BCUT2D eigenvalue weighted by molar-refractivity contribution is 0.919. The zero-order valence-electron chi connectivity index (χ0n) is 9.95. The van der Waals surface area contributed by atoms with Gasteiger partial charge in [-0.3, -0.25) is 0 Å². The van der Waals surface area contributed by atoms with Crippen molar-refractivity contribution in [3.8, 4) is 0 Å². The molecule has 7 heteroatoms. The number of aromatic nitrogens is 3. The highest BCUT2D eigenvalue weighted by molar-refractivity contribution is 9.10. The average Bonchev–Trinajstić information content (AvgIpc) is 2.78. The molecule has 0 radical (unpaired) electrons. The normalized spacial score (nSPS) is 11.2. The number of benzene rings is 1. The third kappa shape index (κ3) is 2.53. The van der Waals surface area contributed by atoms with Gasteiger partial charge in [-0.25, -0.2) is 9.50 Å². The SMILES string of the molecule is Clc1cccc(Cc2cc(Cl)n3ncc(Br)c3n2)c1Cl. The van der Waals surface area contributed by atoms with Crippen LogP contribution >= 0.6 is 50.7 Å². The summed E-state index contributed by atoms with van der Waals surface area (Å²) in [5.74, 6) is 0. The van der Waals surface area contributed by atoms with Gasteiger partial charge in [-0.2, -0.15) is 5.10 Å². The van der Waals surface area contributed by atoms with Crippen LogP contribution in [0, 0.1) is 0 Å². The van der Waals surface area contributed by atoms with Crippen molar-refractivity contribution in [1.29, 1.82) is 0 Å². The molecule has 0 aliphatic carbocycles. The van der Waals surface area contributed by atoms with Crippen LogP contribution in [0.1, 0.15) is 11.3 Å². The molecular formula is C13H7BrCl3N3. The Balaban J connectivity index is 2.06. The van der Waals surface area contributed by atoms with E-state index in [-0.39, 0.29) is 0 Å². The van der Waals surface area contributed by atoms with Crippen LogP contribution in [-0.2, 0) is 6.42 Å². The van der Waals surface area contributed by atoms with Crippen molar-refractivity contribution in [1.82, 2.24) is 14.6 Å². The summed E-state index contributed by atoms with van der Waals surface area (Å²) in [7, 11) is 0. The fourth-order valence-electron chi connectivity index (χ4n) is 1.92. The van der Waals surface area contributed by atoms with Crippen LogP contribution in [0.25, 0.3) is 5.65 Å². The molecule has 0 aliphatic rings. The summed E-state index contributed by atoms with van der Waals surface area (Å²) in [6, 6.07) is 7.30. The molecule has 2 heterocycles. The van der Waals surface area contributed by atoms with Crippen LogP contribution in [-0.4, -0.2) is 14.6 Å². The molecular weight excluding hydrogens is 384 g/mol. The van der Waals surface area contributed by atoms with Crippen LogP contribution in [0.2, 0.25) is 15.2 Å². The van der Waals surface area contributed by atoms with E-state index in [1.54, 1.807) is 22.8 Å². The summed E-state index contributed by atoms with van der Waals surface area (Å²) >= 11 is 21.8. The van der Waals surface area contributed by atoms with E-state index >= 15 is 0 Å². The quantitative estimate of drug-likeness (QED) is 0.573. The Hall–Kier alpha value is -0.810. The molecule has 0 saturated heterocycles. The van der Waals surface area contributed by atoms with Crippen LogP contribution in [0.15, 0.2) is 34.9 Å². The maximum absolute atomic E-state index is 6.19. The molecule has 102 valence electrons. The third-order valence-electron chi connectivity index (χ3n) is 2.84. The highest BCUT2D eigenvalue weighted by atomic mass is 79.9. The zero-order valence-corrected chi connectivity index (χ0v) is 13.8. The predicted molar refractivity (Wildman–Crippen MR) is 85.0 cm³/mol. The topological polar surface area (TPSA) is 30.2 Å². The number of hydrogen-bond donors (Lipinski definition) is 0. The molecule has 1 aromatic carbocycles. The van der Waals surface area contributed by atoms with Crippen molar-refractivity contribution in [2.75, 3.05) is 0 Å². The van der Waals surface area contributed by atoms with Crippen molar-refractivity contribution >= 4 is 56.4 Å². The second-order valence-corrected chi connectivity index (χ2v) is 6.21. The molecule has 0 spiro atoms. The van der Waals surface area contributed by atoms with Crippen LogP contribution in [0.5, 0.6) is 0 Å². The number of nitrogens with zero attached hydrogens (tertiary/aromatic N) is 3. The van der Waals surface area contributed by atoms with Crippen LogP contribution in [0.4, 0.5) is 0 Å². The van der Waals surface area contributed by atoms with Gasteiger partial charge in [-0.05, 0) is 33.6 Å². The van der Waals surface area contributed by atoms with E-state index in [9.17, 15) is 0 Å². The second kappa shape index (κ2) is 5.53. The van der Waals surface area contributed by atoms with E-state index in [4.69, 9.17) is 34.8 Å². The van der Waals surface area contributed by atoms with E-state index in [0.717, 1.165) is 15.7 Å². The Morgan fingerprint density at radius 3 is 2.80 bits per heavy atom. The lowest BCUT2D eigenvalue weighted by atomic mass is 10.1. The van der Waals surface area contributed by atoms with E-state index in [1.807, 2.05) is 12.1 Å². The monoisotopic (exact) mass is 389 g/mol. The standard InChI is InChI=1S/C13H7BrCl3N3/c14-9-6-18-20-11(16)5-8(19-13(9)20)4-7-2-1-3-10(15)12(7)17/h1-3,5-6H,4H2. The zero-order chi connectivity index (χ0) is 14.3. The van der Waals surface area contributed by atoms with Crippen molar-refractivity contribution in [2.45, 2.75) is 6.42 Å². The van der Waals surface area contributed by atoms with Crippen LogP contribution in [0.3, 0.4) is 0 Å². The first kappa shape index (κ1) is 14.1. The predicted octanol–water partition coefficient (Wildman–Crippen LogP) is 5.04. The smallest absolute Gasteiger partial charge is 0.171 e. The Morgan fingerprint density at radius 2 is 2.00 bits per heavy atom. The molecule has 0 N–H and O–H groups in total. The van der Waals surface area contributed by atoms with Gasteiger partial charge < -0.3 is 0 Å². The molecule has 3 nitrogen and oxygen atoms in total. The van der Waals surface area contributed by atoms with Crippen molar-refractivity contribution in [3.05, 3.63) is 61.4 Å². The first-order valence-electron chi connectivity index (χ1n) is 5.68. The summed E-state index contributed by atoms with van der Waals surface area (Å²) in [6.07, 6.45) is 2.21. The van der Waals surface area contributed by atoms with E-state index < -0.39 is 0 Å². The van der Waals surface area contributed by atoms with Gasteiger partial charge in [-0.1, -0.05) is 46.9 Å². The van der Waals surface area contributed by atoms with Crippen LogP contribution < -0.4 is 0 Å². The maximum atomic E-state index is 6.19. The van der Waals surface area contributed by atoms with Gasteiger partial charge in [-0.15, -0.1) is 0 Å². The minimum absolute atomic E-state index is 0.494. The largest absolute Gasteiger partial charge is 0.232 e. The molecule has 3 aromatic rings. The summed E-state index contributed by atoms with van der Waals surface area (Å²) in [5, 5.41) is 5.69. The lowest BCUT2D eigenvalue weighted by Gasteiger charge is -2.07. The fraction of sp³-hybridized carbons (Fsp3) is 0.0769. The van der Waals surface area contributed by atoms with E-state index in [0.29, 0.717) is 27.3 Å². The van der Waals surface area contributed by atoms with Gasteiger partial charge in [0.15, 0.2) is 5.65 Å². The fourth-order valence-corrected chi connectivity index (χ4v) is 2.90. The molecule has 20 heavy (non-hydrogen) atoms. The van der Waals surface area contributed by atoms with Gasteiger partial charge in [0.25, 0.3) is 0 Å². The second-order valence-electron chi connectivity index (χ2n) is 4.19. The van der Waals surface area contributed by atoms with Crippen molar-refractivity contribution in [2.24, 2.45) is 0 Å². The van der Waals surface area contributed by atoms with Gasteiger partial charge in [0.2, 0.25) is 0 Å². The molecule has 0 unspecified atom stereocenters. The van der Waals surface area contributed by atoms with Gasteiger partial charge in [0, 0.05) is 6.42 Å². The highest BCUT2D eigenvalue weighted by Gasteiger charge is 2.11. The van der Waals surface area contributed by atoms with Gasteiger partial charge >= 0.3 is 0 Å². The molecule has 0 amide bonds. The van der Waals surface area contributed by atoms with Crippen molar-refractivity contribution in [3.63, 3.8) is 0 Å². The Labute approximate surface area is 138 Å². The summed E-state index contributed by atoms with van der Waals surface area (Å²) in [5.41, 5.74) is 2.38. The Kier molecular flexibility index (Phi) is 3.91. The molecule has 0 saturated carbocycles. The minimum atomic E-state index is 0.494. The Bertz CT molecular complexity index is 801. The third-order valence-corrected chi connectivity index (χ3v) is 4.53. The molecule has 0 bridgehead atoms. The lowest BCUT2D eigenvalue weighted by Crippen LogP contribution is -1.99. The van der Waals surface area contributed by atoms with E-state index in [2.05, 4.69) is 26.0 Å². The summed E-state index contributed by atoms with van der Waals surface area (Å²) < 4.78 is 2.35. The van der Waals surface area contributed by atoms with Crippen molar-refractivity contribution < 1.29 is 0 Å². The highest BCUT2D eigenvalue weighted by Crippen LogP contribution is 2.28. The number of hydrogen-bond acceptors (Lipinski definition) is 2. The number of halogens is 4. The molecule has 0 aliphatic heterocycles. The number of rotatable bonds is 2. The average molecular weight is 391 g/mol. The van der Waals surface area contributed by atoms with E-state index in [1.165, 1.54) is 0 Å². The Morgan fingerprint density at radius 1 is 1.20 bits per heavy atom.